The third-order valence-corrected chi connectivity index (χ3v) is 7.04. The number of fused-ring (bicyclic) bond motifs is 1. The van der Waals surface area contributed by atoms with Gasteiger partial charge in [-0.05, 0) is 31.8 Å². The second kappa shape index (κ2) is 9.22. The molecule has 2 fully saturated rings. The number of carbonyl (C=O) groups is 3. The minimum Gasteiger partial charge on any atom is -0.477 e. The lowest BCUT2D eigenvalue weighted by Gasteiger charge is -2.48. The molecule has 166 valence electrons. The molecule has 3 aliphatic rings. The summed E-state index contributed by atoms with van der Waals surface area (Å²) in [5.74, 6) is -1.88. The Morgan fingerprint density at radius 3 is 2.68 bits per heavy atom. The molecule has 4 rings (SSSR count). The lowest BCUT2D eigenvalue weighted by molar-refractivity contribution is -0.150. The van der Waals surface area contributed by atoms with E-state index in [0.717, 1.165) is 50.1 Å². The highest BCUT2D eigenvalue weighted by atomic mass is 32.2. The molecule has 1 aromatic heterocycles. The van der Waals surface area contributed by atoms with Gasteiger partial charge in [0.1, 0.15) is 23.2 Å². The quantitative estimate of drug-likeness (QED) is 0.240. The number of nitrogens with zero attached hydrogens (tertiary/aromatic N) is 4. The number of β-lactam (4-membered cyclic amide) rings is 1. The lowest BCUT2D eigenvalue weighted by atomic mass is 10.0. The number of hydrogen-bond donors (Lipinski definition) is 3. The summed E-state index contributed by atoms with van der Waals surface area (Å²) in [6.45, 7) is 0. The van der Waals surface area contributed by atoms with Crippen LogP contribution >= 0.6 is 23.3 Å². The van der Waals surface area contributed by atoms with Crippen LogP contribution in [0, 0.1) is 0 Å². The number of carbonyl (C=O) groups excluding carboxylic acids is 2. The number of rotatable bonds is 6. The normalized spacial score (nSPS) is 24.5. The van der Waals surface area contributed by atoms with Gasteiger partial charge in [0, 0.05) is 17.3 Å². The first-order chi connectivity index (χ1) is 15.0. The molecule has 2 aliphatic heterocycles. The molecule has 1 aromatic rings. The number of oxime groups is 1. The highest BCUT2D eigenvalue weighted by Crippen LogP contribution is 2.37. The van der Waals surface area contributed by atoms with Crippen molar-refractivity contribution in [2.75, 3.05) is 11.5 Å². The van der Waals surface area contributed by atoms with Crippen LogP contribution in [0.5, 0.6) is 0 Å². The molecule has 31 heavy (non-hydrogen) atoms. The SMILES string of the molecule is Nc1nc(C(=NOC2CCCCCC2)C(=O)NC2C(=O)N3C(C(=O)O)=CCS[C@H]23)ns1. The molecule has 0 radical (unpaired) electrons. The van der Waals surface area contributed by atoms with Crippen molar-refractivity contribution in [2.45, 2.75) is 56.0 Å². The molecule has 0 aromatic carbocycles. The second-order valence-corrected chi connectivity index (χ2v) is 9.33. The van der Waals surface area contributed by atoms with E-state index in [2.05, 4.69) is 19.8 Å². The summed E-state index contributed by atoms with van der Waals surface area (Å²) in [5, 5.41) is 15.6. The zero-order chi connectivity index (χ0) is 22.0. The molecule has 2 amide bonds. The average molecular weight is 467 g/mol. The first-order valence-corrected chi connectivity index (χ1v) is 11.8. The number of thioether (sulfide) groups is 1. The van der Waals surface area contributed by atoms with E-state index >= 15 is 0 Å². The van der Waals surface area contributed by atoms with E-state index < -0.39 is 29.2 Å². The fourth-order valence-electron chi connectivity index (χ4n) is 3.74. The lowest BCUT2D eigenvalue weighted by Crippen LogP contribution is -2.70. The molecule has 1 unspecified atom stereocenters. The van der Waals surface area contributed by atoms with Gasteiger partial charge in [-0.1, -0.05) is 18.0 Å². The highest BCUT2D eigenvalue weighted by molar-refractivity contribution is 8.00. The van der Waals surface area contributed by atoms with Crippen molar-refractivity contribution in [1.82, 2.24) is 19.6 Å². The molecular weight excluding hydrogens is 444 g/mol. The fourth-order valence-corrected chi connectivity index (χ4v) is 5.37. The van der Waals surface area contributed by atoms with Crippen molar-refractivity contribution in [3.63, 3.8) is 0 Å². The van der Waals surface area contributed by atoms with Crippen molar-refractivity contribution in [1.29, 1.82) is 0 Å². The van der Waals surface area contributed by atoms with Crippen molar-refractivity contribution >= 4 is 51.9 Å². The van der Waals surface area contributed by atoms with E-state index in [1.54, 1.807) is 0 Å². The molecule has 2 atom stereocenters. The third-order valence-electron chi connectivity index (χ3n) is 5.32. The molecule has 13 heteroatoms. The summed E-state index contributed by atoms with van der Waals surface area (Å²) in [6.07, 6.45) is 7.45. The average Bonchev–Trinajstić information content (AvgIpc) is 3.01. The number of carboxylic acid groups (broad SMARTS) is 1. The maximum Gasteiger partial charge on any atom is 0.352 e. The molecule has 1 aliphatic carbocycles. The van der Waals surface area contributed by atoms with Crippen LogP contribution in [0.3, 0.4) is 0 Å². The molecule has 1 saturated heterocycles. The summed E-state index contributed by atoms with van der Waals surface area (Å²) in [7, 11) is 0. The summed E-state index contributed by atoms with van der Waals surface area (Å²) in [4.78, 5) is 47.7. The van der Waals surface area contributed by atoms with Crippen LogP contribution in [0.1, 0.15) is 44.3 Å². The van der Waals surface area contributed by atoms with Gasteiger partial charge in [-0.3, -0.25) is 14.5 Å². The van der Waals surface area contributed by atoms with Crippen molar-refractivity contribution in [2.24, 2.45) is 5.16 Å². The van der Waals surface area contributed by atoms with E-state index in [0.29, 0.717) is 5.75 Å². The monoisotopic (exact) mass is 466 g/mol. The van der Waals surface area contributed by atoms with Crippen LogP contribution in [0.25, 0.3) is 0 Å². The smallest absolute Gasteiger partial charge is 0.352 e. The largest absolute Gasteiger partial charge is 0.477 e. The van der Waals surface area contributed by atoms with Gasteiger partial charge in [0.25, 0.3) is 11.8 Å². The van der Waals surface area contributed by atoms with E-state index in [1.165, 1.54) is 22.7 Å². The number of hydrogen-bond acceptors (Lipinski definition) is 10. The van der Waals surface area contributed by atoms with Gasteiger partial charge >= 0.3 is 5.97 Å². The van der Waals surface area contributed by atoms with E-state index in [-0.39, 0.29) is 28.5 Å². The van der Waals surface area contributed by atoms with Gasteiger partial charge in [-0.25, -0.2) is 4.79 Å². The maximum atomic E-state index is 13.0. The van der Waals surface area contributed by atoms with Crippen LogP contribution in [-0.4, -0.2) is 66.1 Å². The minimum atomic E-state index is -1.18. The van der Waals surface area contributed by atoms with Crippen molar-refractivity contribution in [3.05, 3.63) is 17.6 Å². The number of amides is 2. The Balaban J connectivity index is 1.49. The zero-order valence-electron chi connectivity index (χ0n) is 16.5. The topological polar surface area (TPSA) is 160 Å². The van der Waals surface area contributed by atoms with E-state index in [4.69, 9.17) is 10.6 Å². The molecule has 3 heterocycles. The number of nitrogens with two attached hydrogens (primary N) is 1. The van der Waals surface area contributed by atoms with E-state index in [1.807, 2.05) is 0 Å². The Labute approximate surface area is 186 Å². The van der Waals surface area contributed by atoms with Crippen LogP contribution in [0.2, 0.25) is 0 Å². The van der Waals surface area contributed by atoms with Gasteiger partial charge < -0.3 is 21.0 Å². The summed E-state index contributed by atoms with van der Waals surface area (Å²) < 4.78 is 4.05. The number of aromatic nitrogens is 2. The minimum absolute atomic E-state index is 0.0275. The Hall–Kier alpha value is -2.67. The first-order valence-electron chi connectivity index (χ1n) is 9.98. The standard InChI is InChI=1S/C18H22N6O5S2/c19-18-21-13(23-31-18)11(22-29-9-5-3-1-2-4-6-9)14(25)20-12-15(26)24-10(17(27)28)7-8-30-16(12)24/h7,9,12,16H,1-6,8H2,(H,20,25)(H,27,28)(H2,19,21,23)/t12?,16-/m1/s1. The fraction of sp³-hybridized carbons (Fsp3) is 0.556. The number of aliphatic carboxylic acids is 1. The van der Waals surface area contributed by atoms with Crippen LogP contribution in [0.15, 0.2) is 16.9 Å². The van der Waals surface area contributed by atoms with Gasteiger partial charge in [0.15, 0.2) is 5.13 Å². The van der Waals surface area contributed by atoms with Crippen LogP contribution in [0.4, 0.5) is 5.13 Å². The number of nitrogen functional groups attached to an aromatic ring is 1. The molecule has 11 nitrogen and oxygen atoms in total. The Kier molecular flexibility index (Phi) is 6.41. The number of nitrogens with one attached hydrogen (secondary N) is 1. The Bertz CT molecular complexity index is 940. The predicted octanol–water partition coefficient (Wildman–Crippen LogP) is 0.932. The van der Waals surface area contributed by atoms with E-state index in [9.17, 15) is 19.5 Å². The van der Waals surface area contributed by atoms with Gasteiger partial charge in [0.05, 0.1) is 0 Å². The van der Waals surface area contributed by atoms with Crippen molar-refractivity contribution in [3.8, 4) is 0 Å². The van der Waals surface area contributed by atoms with Gasteiger partial charge in [-0.2, -0.15) is 9.36 Å². The zero-order valence-corrected chi connectivity index (χ0v) is 18.2. The first kappa shape index (κ1) is 21.6. The maximum absolute atomic E-state index is 13.0. The Morgan fingerprint density at radius 1 is 1.29 bits per heavy atom. The molecule has 1 saturated carbocycles. The highest BCUT2D eigenvalue weighted by Gasteiger charge is 2.53. The van der Waals surface area contributed by atoms with Gasteiger partial charge in [0.2, 0.25) is 11.5 Å². The summed E-state index contributed by atoms with van der Waals surface area (Å²) in [6, 6.07) is -0.875. The molecule has 0 bridgehead atoms. The number of carboxylic acids is 1. The third kappa shape index (κ3) is 4.51. The predicted molar refractivity (Wildman–Crippen MR) is 114 cm³/mol. The molecular formula is C18H22N6O5S2. The van der Waals surface area contributed by atoms with Crippen molar-refractivity contribution < 1.29 is 24.3 Å². The summed E-state index contributed by atoms with van der Waals surface area (Å²) in [5.41, 5.74) is 5.43. The molecule has 4 N–H and O–H groups in total. The Morgan fingerprint density at radius 2 is 2.03 bits per heavy atom. The molecule has 0 spiro atoms. The van der Waals surface area contributed by atoms with Crippen LogP contribution < -0.4 is 11.1 Å². The van der Waals surface area contributed by atoms with Gasteiger partial charge in [-0.15, -0.1) is 11.8 Å². The second-order valence-electron chi connectivity index (χ2n) is 7.39. The number of anilines is 1. The summed E-state index contributed by atoms with van der Waals surface area (Å²) >= 11 is 2.29. The van der Waals surface area contributed by atoms with Crippen LogP contribution in [-0.2, 0) is 19.2 Å².